The van der Waals surface area contributed by atoms with Gasteiger partial charge in [-0.25, -0.2) is 4.21 Å². The highest BCUT2D eigenvalue weighted by atomic mass is 32.2. The molecular formula is C8H15N3OS. The van der Waals surface area contributed by atoms with E-state index in [-0.39, 0.29) is 0 Å². The Morgan fingerprint density at radius 2 is 2.23 bits per heavy atom. The molecule has 74 valence electrons. The van der Waals surface area contributed by atoms with E-state index in [1.165, 1.54) is 0 Å². The molecule has 0 spiro atoms. The van der Waals surface area contributed by atoms with Crippen molar-refractivity contribution in [2.45, 2.75) is 27.2 Å². The Morgan fingerprint density at radius 1 is 1.54 bits per heavy atom. The second-order valence-electron chi connectivity index (χ2n) is 2.96. The Kier molecular flexibility index (Phi) is 3.48. The van der Waals surface area contributed by atoms with Gasteiger partial charge in [0.15, 0.2) is 0 Å². The zero-order chi connectivity index (χ0) is 9.84. The first-order valence-corrected chi connectivity index (χ1v) is 5.63. The van der Waals surface area contributed by atoms with Gasteiger partial charge >= 0.3 is 0 Å². The zero-order valence-corrected chi connectivity index (χ0v) is 8.99. The van der Waals surface area contributed by atoms with E-state index in [9.17, 15) is 4.21 Å². The number of rotatable bonds is 4. The van der Waals surface area contributed by atoms with Gasteiger partial charge in [0.05, 0.1) is 17.1 Å². The number of nitrogens with zero attached hydrogens (tertiary/aromatic N) is 1. The van der Waals surface area contributed by atoms with Crippen LogP contribution in [0.5, 0.6) is 0 Å². The summed E-state index contributed by atoms with van der Waals surface area (Å²) in [7, 11) is -0.980. The number of aryl methyl sites for hydroxylation is 2. The summed E-state index contributed by atoms with van der Waals surface area (Å²) in [6, 6.07) is 0. The molecule has 2 N–H and O–H groups in total. The summed E-state index contributed by atoms with van der Waals surface area (Å²) in [5.41, 5.74) is 2.66. The van der Waals surface area contributed by atoms with E-state index in [1.54, 1.807) is 0 Å². The molecule has 5 heteroatoms. The third kappa shape index (κ3) is 2.55. The van der Waals surface area contributed by atoms with Crippen LogP contribution in [-0.4, -0.2) is 20.2 Å². The van der Waals surface area contributed by atoms with Crippen molar-refractivity contribution in [3.05, 3.63) is 11.4 Å². The third-order valence-electron chi connectivity index (χ3n) is 1.73. The molecule has 4 nitrogen and oxygen atoms in total. The number of anilines is 1. The van der Waals surface area contributed by atoms with Gasteiger partial charge in [0, 0.05) is 5.75 Å². The van der Waals surface area contributed by atoms with E-state index >= 15 is 0 Å². The van der Waals surface area contributed by atoms with Crippen molar-refractivity contribution in [3.63, 3.8) is 0 Å². The molecule has 0 radical (unpaired) electrons. The first kappa shape index (κ1) is 10.2. The summed E-state index contributed by atoms with van der Waals surface area (Å²) in [5.74, 6) is 0.671. The largest absolute Gasteiger partial charge is 0.302 e. The fraction of sp³-hybridized carbons (Fsp3) is 0.625. The normalized spacial score (nSPS) is 12.8. The van der Waals surface area contributed by atoms with Crippen molar-refractivity contribution in [2.75, 3.05) is 10.5 Å². The number of H-pyrrole nitrogens is 1. The Morgan fingerprint density at radius 3 is 2.69 bits per heavy atom. The van der Waals surface area contributed by atoms with Gasteiger partial charge < -0.3 is 4.72 Å². The fourth-order valence-electron chi connectivity index (χ4n) is 1.05. The monoisotopic (exact) mass is 201 g/mol. The zero-order valence-electron chi connectivity index (χ0n) is 8.18. The molecule has 0 fully saturated rings. The van der Waals surface area contributed by atoms with Crippen molar-refractivity contribution in [2.24, 2.45) is 0 Å². The van der Waals surface area contributed by atoms with E-state index in [0.717, 1.165) is 23.5 Å². The topological polar surface area (TPSA) is 57.8 Å². The van der Waals surface area contributed by atoms with Gasteiger partial charge in [-0.05, 0) is 20.3 Å². The minimum absolute atomic E-state index is 0.671. The van der Waals surface area contributed by atoms with Crippen molar-refractivity contribution in [1.82, 2.24) is 10.2 Å². The van der Waals surface area contributed by atoms with Crippen molar-refractivity contribution in [3.8, 4) is 0 Å². The van der Waals surface area contributed by atoms with Crippen molar-refractivity contribution in [1.29, 1.82) is 0 Å². The Bertz CT molecular complexity index is 289. The maximum atomic E-state index is 11.4. The number of hydrogen-bond donors (Lipinski definition) is 2. The number of nitrogens with one attached hydrogen (secondary N) is 2. The first-order valence-electron chi connectivity index (χ1n) is 4.31. The minimum Gasteiger partial charge on any atom is -0.302 e. The highest BCUT2D eigenvalue weighted by molar-refractivity contribution is 7.86. The molecule has 0 saturated heterocycles. The lowest BCUT2D eigenvalue weighted by Gasteiger charge is -2.04. The molecule has 0 aliphatic carbocycles. The number of aromatic amines is 1. The molecule has 0 bridgehead atoms. The van der Waals surface area contributed by atoms with Gasteiger partial charge in [-0.15, -0.1) is 0 Å². The van der Waals surface area contributed by atoms with Crippen molar-refractivity contribution >= 4 is 16.7 Å². The van der Waals surface area contributed by atoms with Crippen LogP contribution in [-0.2, 0) is 11.0 Å². The van der Waals surface area contributed by atoms with E-state index < -0.39 is 11.0 Å². The van der Waals surface area contributed by atoms with Crippen LogP contribution in [0.25, 0.3) is 0 Å². The van der Waals surface area contributed by atoms with Gasteiger partial charge in [0.1, 0.15) is 11.0 Å². The van der Waals surface area contributed by atoms with Crippen LogP contribution in [0.4, 0.5) is 5.69 Å². The molecule has 0 saturated carbocycles. The highest BCUT2D eigenvalue weighted by Gasteiger charge is 2.07. The van der Waals surface area contributed by atoms with Gasteiger partial charge in [0.2, 0.25) is 0 Å². The smallest absolute Gasteiger partial charge is 0.117 e. The highest BCUT2D eigenvalue weighted by Crippen LogP contribution is 2.16. The van der Waals surface area contributed by atoms with Gasteiger partial charge in [-0.2, -0.15) is 5.10 Å². The van der Waals surface area contributed by atoms with Gasteiger partial charge in [-0.1, -0.05) is 6.92 Å². The molecule has 1 rings (SSSR count). The van der Waals surface area contributed by atoms with Crippen LogP contribution in [0, 0.1) is 13.8 Å². The lowest BCUT2D eigenvalue weighted by molar-refractivity contribution is 0.685. The van der Waals surface area contributed by atoms with Crippen LogP contribution < -0.4 is 4.72 Å². The molecule has 1 aromatic heterocycles. The quantitative estimate of drug-likeness (QED) is 0.775. The van der Waals surface area contributed by atoms with E-state index in [2.05, 4.69) is 14.9 Å². The average Bonchev–Trinajstić information content (AvgIpc) is 2.36. The van der Waals surface area contributed by atoms with Crippen LogP contribution >= 0.6 is 0 Å². The third-order valence-corrected chi connectivity index (χ3v) is 2.94. The fourth-order valence-corrected chi connectivity index (χ4v) is 2.05. The second-order valence-corrected chi connectivity index (χ2v) is 4.26. The van der Waals surface area contributed by atoms with Crippen LogP contribution in [0.15, 0.2) is 0 Å². The Hall–Kier alpha value is -0.840. The summed E-state index contributed by atoms with van der Waals surface area (Å²) in [6.45, 7) is 5.80. The molecule has 1 heterocycles. The molecule has 0 aromatic carbocycles. The number of hydrogen-bond acceptors (Lipinski definition) is 2. The maximum Gasteiger partial charge on any atom is 0.117 e. The Balaban J connectivity index is 2.68. The molecule has 0 aliphatic rings. The molecule has 0 amide bonds. The van der Waals surface area contributed by atoms with E-state index in [4.69, 9.17) is 0 Å². The maximum absolute atomic E-state index is 11.4. The van der Waals surface area contributed by atoms with Gasteiger partial charge in [-0.3, -0.25) is 5.10 Å². The van der Waals surface area contributed by atoms with Crippen LogP contribution in [0.1, 0.15) is 24.7 Å². The van der Waals surface area contributed by atoms with Crippen molar-refractivity contribution < 1.29 is 4.21 Å². The minimum atomic E-state index is -0.980. The average molecular weight is 201 g/mol. The molecule has 13 heavy (non-hydrogen) atoms. The van der Waals surface area contributed by atoms with Crippen LogP contribution in [0.2, 0.25) is 0 Å². The number of aromatic nitrogens is 2. The van der Waals surface area contributed by atoms with Gasteiger partial charge in [0.25, 0.3) is 0 Å². The summed E-state index contributed by atoms with van der Waals surface area (Å²) >= 11 is 0. The molecule has 0 aliphatic heterocycles. The summed E-state index contributed by atoms with van der Waals surface area (Å²) in [5, 5.41) is 6.84. The standard InChI is InChI=1S/C8H15N3OS/c1-4-5-13(12)11-8-6(2)9-10-7(8)3/h11H,4-5H2,1-3H3,(H,9,10). The summed E-state index contributed by atoms with van der Waals surface area (Å²) in [6.07, 6.45) is 0.912. The molecule has 1 atom stereocenters. The van der Waals surface area contributed by atoms with E-state index in [1.807, 2.05) is 20.8 Å². The van der Waals surface area contributed by atoms with E-state index in [0.29, 0.717) is 5.75 Å². The SMILES string of the molecule is CCCS(=O)Nc1c(C)n[nH]c1C. The second kappa shape index (κ2) is 4.41. The van der Waals surface area contributed by atoms with Crippen LogP contribution in [0.3, 0.4) is 0 Å². The molecular weight excluding hydrogens is 186 g/mol. The Labute approximate surface area is 80.7 Å². The summed E-state index contributed by atoms with van der Waals surface area (Å²) in [4.78, 5) is 0. The predicted molar refractivity (Wildman–Crippen MR) is 55.0 cm³/mol. The predicted octanol–water partition coefficient (Wildman–Crippen LogP) is 1.51. The summed E-state index contributed by atoms with van der Waals surface area (Å²) < 4.78 is 14.3. The molecule has 1 aromatic rings. The molecule has 1 unspecified atom stereocenters. The lowest BCUT2D eigenvalue weighted by Crippen LogP contribution is -2.08. The first-order chi connectivity index (χ1) is 6.15. The lowest BCUT2D eigenvalue weighted by atomic mass is 10.3.